The second kappa shape index (κ2) is 6.31. The highest BCUT2D eigenvalue weighted by molar-refractivity contribution is 8.01. The van der Waals surface area contributed by atoms with Crippen LogP contribution in [0.15, 0.2) is 11.2 Å². The van der Waals surface area contributed by atoms with Gasteiger partial charge in [-0.2, -0.15) is 0 Å². The van der Waals surface area contributed by atoms with Gasteiger partial charge in [0.1, 0.15) is 21.4 Å². The van der Waals surface area contributed by atoms with Crippen molar-refractivity contribution < 1.29 is 19.1 Å². The monoisotopic (exact) mass is 384 g/mol. The number of amides is 1. The predicted octanol–water partition coefficient (Wildman–Crippen LogP) is 0.719. The molecule has 0 spiro atoms. The second-order valence-electron chi connectivity index (χ2n) is 7.23. The maximum atomic E-state index is 12.9. The van der Waals surface area contributed by atoms with Crippen molar-refractivity contribution in [2.45, 2.75) is 36.8 Å². The minimum Gasteiger partial charge on any atom is -0.459 e. The Bertz CT molecular complexity index is 729. The number of nitrogens with zero attached hydrogens (tertiary/aromatic N) is 4. The summed E-state index contributed by atoms with van der Waals surface area (Å²) in [6.45, 7) is 5.64. The SMILES string of the molecule is Cn1nncc1SCC1(C(=O)OC(C)(C)C)CS[C@@H]2C(=O)C(=O)N2C1. The lowest BCUT2D eigenvalue weighted by molar-refractivity contribution is -0.171. The molecule has 10 heteroatoms. The molecule has 2 fully saturated rings. The third-order valence-electron chi connectivity index (χ3n) is 3.97. The van der Waals surface area contributed by atoms with Gasteiger partial charge in [0.25, 0.3) is 11.7 Å². The number of esters is 1. The molecule has 3 rings (SSSR count). The highest BCUT2D eigenvalue weighted by Crippen LogP contribution is 2.43. The van der Waals surface area contributed by atoms with Crippen LogP contribution in [-0.4, -0.2) is 66.6 Å². The van der Waals surface area contributed by atoms with Gasteiger partial charge in [-0.15, -0.1) is 28.6 Å². The van der Waals surface area contributed by atoms with Crippen molar-refractivity contribution in [3.8, 4) is 0 Å². The molecule has 25 heavy (non-hydrogen) atoms. The normalized spacial score (nSPS) is 26.2. The lowest BCUT2D eigenvalue weighted by atomic mass is 9.89. The van der Waals surface area contributed by atoms with Gasteiger partial charge in [-0.05, 0) is 20.8 Å². The van der Waals surface area contributed by atoms with Gasteiger partial charge in [-0.25, -0.2) is 4.68 Å². The quantitative estimate of drug-likeness (QED) is 0.324. The molecule has 0 radical (unpaired) electrons. The van der Waals surface area contributed by atoms with Crippen LogP contribution in [0.4, 0.5) is 0 Å². The van der Waals surface area contributed by atoms with Gasteiger partial charge in [-0.1, -0.05) is 5.21 Å². The third kappa shape index (κ3) is 3.41. The average Bonchev–Trinajstić information content (AvgIpc) is 2.95. The van der Waals surface area contributed by atoms with Gasteiger partial charge < -0.3 is 9.64 Å². The number of rotatable bonds is 4. The second-order valence-corrected chi connectivity index (χ2v) is 9.29. The zero-order chi connectivity index (χ0) is 18.4. The first kappa shape index (κ1) is 18.2. The number of carbonyl (C=O) groups is 3. The van der Waals surface area contributed by atoms with Gasteiger partial charge in [0.05, 0.1) is 6.20 Å². The zero-order valence-electron chi connectivity index (χ0n) is 14.5. The number of aryl methyl sites for hydroxylation is 1. The number of aromatic nitrogens is 3. The Hall–Kier alpha value is -1.55. The molecule has 0 aromatic carbocycles. The molecule has 1 aromatic heterocycles. The topological polar surface area (TPSA) is 94.4 Å². The smallest absolute Gasteiger partial charge is 0.316 e. The van der Waals surface area contributed by atoms with Crippen molar-refractivity contribution in [3.63, 3.8) is 0 Å². The van der Waals surface area contributed by atoms with Crippen molar-refractivity contribution in [1.82, 2.24) is 19.9 Å². The Morgan fingerprint density at radius 3 is 2.80 bits per heavy atom. The minimum absolute atomic E-state index is 0.197. The van der Waals surface area contributed by atoms with Crippen LogP contribution in [-0.2, 0) is 26.2 Å². The van der Waals surface area contributed by atoms with E-state index in [4.69, 9.17) is 4.74 Å². The summed E-state index contributed by atoms with van der Waals surface area (Å²) in [7, 11) is 1.78. The summed E-state index contributed by atoms with van der Waals surface area (Å²) in [6.07, 6.45) is 1.63. The first-order valence-corrected chi connectivity index (χ1v) is 9.84. The Labute approximate surface area is 154 Å². The van der Waals surface area contributed by atoms with E-state index in [9.17, 15) is 14.4 Å². The molecule has 2 atom stereocenters. The number of Topliss-reactive ketones (excluding diaryl/α,β-unsaturated/α-hetero) is 1. The van der Waals surface area contributed by atoms with E-state index in [0.29, 0.717) is 11.5 Å². The van der Waals surface area contributed by atoms with Crippen molar-refractivity contribution >= 4 is 41.2 Å². The fraction of sp³-hybridized carbons (Fsp3) is 0.667. The number of ether oxygens (including phenoxy) is 1. The fourth-order valence-corrected chi connectivity index (χ4v) is 5.24. The first-order valence-electron chi connectivity index (χ1n) is 7.80. The number of ketones is 1. The lowest BCUT2D eigenvalue weighted by Gasteiger charge is -2.49. The van der Waals surface area contributed by atoms with E-state index in [1.165, 1.54) is 28.4 Å². The van der Waals surface area contributed by atoms with Crippen LogP contribution < -0.4 is 0 Å². The van der Waals surface area contributed by atoms with Crippen LogP contribution in [0.25, 0.3) is 0 Å². The van der Waals surface area contributed by atoms with Gasteiger partial charge in [0.15, 0.2) is 0 Å². The number of hydrogen-bond acceptors (Lipinski definition) is 8. The van der Waals surface area contributed by atoms with Crippen molar-refractivity contribution in [2.24, 2.45) is 12.5 Å². The van der Waals surface area contributed by atoms with Crippen LogP contribution in [0.2, 0.25) is 0 Å². The molecule has 0 N–H and O–H groups in total. The minimum atomic E-state index is -0.875. The van der Waals surface area contributed by atoms with Crippen molar-refractivity contribution in [3.05, 3.63) is 6.20 Å². The number of hydrogen-bond donors (Lipinski definition) is 0. The van der Waals surface area contributed by atoms with Gasteiger partial charge in [0, 0.05) is 25.1 Å². The summed E-state index contributed by atoms with van der Waals surface area (Å²) in [5, 5.41) is 8.09. The molecule has 3 heterocycles. The summed E-state index contributed by atoms with van der Waals surface area (Å²) in [5.74, 6) is -0.398. The Morgan fingerprint density at radius 1 is 1.48 bits per heavy atom. The fourth-order valence-electron chi connectivity index (χ4n) is 2.64. The summed E-state index contributed by atoms with van der Waals surface area (Å²) in [6, 6.07) is 0. The summed E-state index contributed by atoms with van der Waals surface area (Å²) in [5.41, 5.74) is -1.50. The molecule has 1 aromatic rings. The highest BCUT2D eigenvalue weighted by Gasteiger charge is 2.57. The average molecular weight is 384 g/mol. The highest BCUT2D eigenvalue weighted by atomic mass is 32.2. The van der Waals surface area contributed by atoms with E-state index in [1.807, 2.05) is 20.8 Å². The maximum Gasteiger partial charge on any atom is 0.316 e. The van der Waals surface area contributed by atoms with Crippen LogP contribution in [0.5, 0.6) is 0 Å². The number of thioether (sulfide) groups is 2. The van der Waals surface area contributed by atoms with E-state index >= 15 is 0 Å². The maximum absolute atomic E-state index is 12.9. The molecule has 136 valence electrons. The third-order valence-corrected chi connectivity index (χ3v) is 6.84. The number of carbonyl (C=O) groups excluding carboxylic acids is 3. The molecule has 1 amide bonds. The van der Waals surface area contributed by atoms with E-state index in [-0.39, 0.29) is 18.3 Å². The standard InChI is InChI=1S/C15H20N4O4S2/c1-14(2,3)23-13(22)15(7-24-9-5-16-17-18(9)4)6-19-11(21)10(20)12(19)25-8-15/h5,12H,6-8H2,1-4H3/t12-,15?/m1/s1. The summed E-state index contributed by atoms with van der Waals surface area (Å²) < 4.78 is 7.25. The molecule has 2 aliphatic heterocycles. The van der Waals surface area contributed by atoms with Gasteiger partial charge in [-0.3, -0.25) is 14.4 Å². The Morgan fingerprint density at radius 2 is 2.20 bits per heavy atom. The van der Waals surface area contributed by atoms with Crippen LogP contribution >= 0.6 is 23.5 Å². The Balaban J connectivity index is 1.81. The van der Waals surface area contributed by atoms with E-state index in [1.54, 1.807) is 17.9 Å². The van der Waals surface area contributed by atoms with Crippen LogP contribution in [0.3, 0.4) is 0 Å². The lowest BCUT2D eigenvalue weighted by Crippen LogP contribution is -2.68. The van der Waals surface area contributed by atoms with E-state index < -0.39 is 22.3 Å². The molecule has 8 nitrogen and oxygen atoms in total. The molecular weight excluding hydrogens is 364 g/mol. The number of fused-ring (bicyclic) bond motifs is 1. The van der Waals surface area contributed by atoms with Crippen molar-refractivity contribution in [2.75, 3.05) is 18.1 Å². The largest absolute Gasteiger partial charge is 0.459 e. The zero-order valence-corrected chi connectivity index (χ0v) is 16.1. The summed E-state index contributed by atoms with van der Waals surface area (Å²) in [4.78, 5) is 37.9. The molecule has 2 saturated heterocycles. The van der Waals surface area contributed by atoms with Crippen LogP contribution in [0.1, 0.15) is 20.8 Å². The molecule has 1 unspecified atom stereocenters. The van der Waals surface area contributed by atoms with Crippen LogP contribution in [0, 0.1) is 5.41 Å². The molecule has 0 aliphatic carbocycles. The van der Waals surface area contributed by atoms with Gasteiger partial charge >= 0.3 is 5.97 Å². The van der Waals surface area contributed by atoms with E-state index in [2.05, 4.69) is 10.3 Å². The molecule has 2 aliphatic rings. The number of β-lactam (4-membered cyclic amide) rings is 1. The molecular formula is C15H20N4O4S2. The van der Waals surface area contributed by atoms with Crippen molar-refractivity contribution in [1.29, 1.82) is 0 Å². The molecule has 0 saturated carbocycles. The molecule has 0 bridgehead atoms. The predicted molar refractivity (Wildman–Crippen MR) is 93.0 cm³/mol. The first-order chi connectivity index (χ1) is 11.6. The summed E-state index contributed by atoms with van der Waals surface area (Å²) >= 11 is 2.77. The van der Waals surface area contributed by atoms with E-state index in [0.717, 1.165) is 5.03 Å². The van der Waals surface area contributed by atoms with Gasteiger partial charge in [0.2, 0.25) is 0 Å². The Kier molecular flexibility index (Phi) is 4.61.